The van der Waals surface area contributed by atoms with E-state index in [0.717, 1.165) is 18.2 Å². The number of benzene rings is 2. The first-order chi connectivity index (χ1) is 13.1. The van der Waals surface area contributed by atoms with Gasteiger partial charge < -0.3 is 20.1 Å². The number of halogens is 5. The van der Waals surface area contributed by atoms with Crippen molar-refractivity contribution in [1.29, 1.82) is 0 Å². The van der Waals surface area contributed by atoms with Gasteiger partial charge in [-0.25, -0.2) is 0 Å². The molecule has 0 aliphatic rings. The molecule has 0 fully saturated rings. The molecule has 0 aromatic heterocycles. The van der Waals surface area contributed by atoms with Crippen molar-refractivity contribution in [2.24, 2.45) is 0 Å². The third-order valence-electron chi connectivity index (χ3n) is 3.11. The fraction of sp³-hybridized carbons (Fsp3) is 0.176. The number of hydrogen-bond donors (Lipinski definition) is 2. The lowest BCUT2D eigenvalue weighted by Crippen LogP contribution is -2.33. The largest absolute Gasteiger partial charge is 0.573 e. The molecule has 2 N–H and O–H groups in total. The van der Waals surface area contributed by atoms with E-state index in [4.69, 9.17) is 0 Å². The number of amides is 2. The molecule has 0 bridgehead atoms. The molecule has 2 aromatic carbocycles. The Morgan fingerprint density at radius 3 is 2.43 bits per heavy atom. The Hall–Kier alpha value is -3.37. The van der Waals surface area contributed by atoms with Gasteiger partial charge in [-0.05, 0) is 24.3 Å². The van der Waals surface area contributed by atoms with E-state index >= 15 is 0 Å². The molecule has 2 amide bonds. The van der Waals surface area contributed by atoms with Crippen LogP contribution in [0.15, 0.2) is 48.5 Å². The molecule has 11 heteroatoms. The molecule has 0 saturated carbocycles. The number of nitrogens with one attached hydrogen (secondary N) is 2. The highest BCUT2D eigenvalue weighted by molar-refractivity contribution is 6.00. The second-order valence-corrected chi connectivity index (χ2v) is 5.18. The SMILES string of the molecule is O=C(CNC(=O)c1ccccc1OC(F)F)Nc1cccc(OC(F)(F)F)c1. The Kier molecular flexibility index (Phi) is 6.74. The number of para-hydroxylation sites is 1. The molecule has 0 atom stereocenters. The smallest absolute Gasteiger partial charge is 0.434 e. The number of alkyl halides is 5. The average molecular weight is 404 g/mol. The van der Waals surface area contributed by atoms with Crippen LogP contribution in [-0.2, 0) is 4.79 Å². The number of carbonyl (C=O) groups is 2. The first-order valence-corrected chi connectivity index (χ1v) is 7.62. The van der Waals surface area contributed by atoms with Gasteiger partial charge in [0.1, 0.15) is 11.5 Å². The van der Waals surface area contributed by atoms with E-state index in [9.17, 15) is 31.5 Å². The van der Waals surface area contributed by atoms with Crippen LogP contribution in [0.4, 0.5) is 27.6 Å². The molecule has 6 nitrogen and oxygen atoms in total. The van der Waals surface area contributed by atoms with E-state index in [1.807, 2.05) is 0 Å². The molecule has 150 valence electrons. The molecular formula is C17H13F5N2O4. The van der Waals surface area contributed by atoms with E-state index in [1.165, 1.54) is 30.3 Å². The molecule has 0 spiro atoms. The third-order valence-corrected chi connectivity index (χ3v) is 3.11. The molecule has 2 aromatic rings. The van der Waals surface area contributed by atoms with Crippen LogP contribution in [0.5, 0.6) is 11.5 Å². The number of hydrogen-bond acceptors (Lipinski definition) is 4. The van der Waals surface area contributed by atoms with E-state index in [-0.39, 0.29) is 17.0 Å². The second kappa shape index (κ2) is 9.02. The lowest BCUT2D eigenvalue weighted by atomic mass is 10.2. The van der Waals surface area contributed by atoms with Gasteiger partial charge in [0.2, 0.25) is 5.91 Å². The van der Waals surface area contributed by atoms with Gasteiger partial charge in [0.05, 0.1) is 12.1 Å². The van der Waals surface area contributed by atoms with Gasteiger partial charge in [0.25, 0.3) is 5.91 Å². The van der Waals surface area contributed by atoms with Crippen LogP contribution in [0, 0.1) is 0 Å². The zero-order valence-corrected chi connectivity index (χ0v) is 13.9. The molecule has 0 radical (unpaired) electrons. The summed E-state index contributed by atoms with van der Waals surface area (Å²) in [6.45, 7) is -3.70. The van der Waals surface area contributed by atoms with Crippen molar-refractivity contribution in [3.05, 3.63) is 54.1 Å². The quantitative estimate of drug-likeness (QED) is 0.692. The van der Waals surface area contributed by atoms with Crippen LogP contribution in [-0.4, -0.2) is 31.3 Å². The zero-order valence-electron chi connectivity index (χ0n) is 13.9. The minimum Gasteiger partial charge on any atom is -0.434 e. The number of carbonyl (C=O) groups excluding carboxylic acids is 2. The Morgan fingerprint density at radius 2 is 1.75 bits per heavy atom. The fourth-order valence-electron chi connectivity index (χ4n) is 2.08. The third kappa shape index (κ3) is 6.74. The number of anilines is 1. The summed E-state index contributed by atoms with van der Waals surface area (Å²) in [7, 11) is 0. The monoisotopic (exact) mass is 404 g/mol. The van der Waals surface area contributed by atoms with E-state index in [0.29, 0.717) is 0 Å². The van der Waals surface area contributed by atoms with Crippen molar-refractivity contribution >= 4 is 17.5 Å². The molecule has 0 unspecified atom stereocenters. The van der Waals surface area contributed by atoms with E-state index in [2.05, 4.69) is 20.1 Å². The van der Waals surface area contributed by atoms with Crippen molar-refractivity contribution in [3.63, 3.8) is 0 Å². The normalized spacial score (nSPS) is 11.1. The van der Waals surface area contributed by atoms with Crippen molar-refractivity contribution in [2.45, 2.75) is 13.0 Å². The molecule has 0 aliphatic heterocycles. The minimum atomic E-state index is -4.88. The highest BCUT2D eigenvalue weighted by atomic mass is 19.4. The summed E-state index contributed by atoms with van der Waals surface area (Å²) in [6, 6.07) is 9.72. The van der Waals surface area contributed by atoms with E-state index < -0.39 is 37.1 Å². The molecule has 2 rings (SSSR count). The topological polar surface area (TPSA) is 76.7 Å². The van der Waals surface area contributed by atoms with Crippen LogP contribution in [0.3, 0.4) is 0 Å². The number of rotatable bonds is 7. The molecular weight excluding hydrogens is 391 g/mol. The van der Waals surface area contributed by atoms with Crippen molar-refractivity contribution in [3.8, 4) is 11.5 Å². The number of ether oxygens (including phenoxy) is 2. The molecule has 0 heterocycles. The average Bonchev–Trinajstić information content (AvgIpc) is 2.58. The van der Waals surface area contributed by atoms with E-state index in [1.54, 1.807) is 0 Å². The summed E-state index contributed by atoms with van der Waals surface area (Å²) in [5.74, 6) is -2.51. The molecule has 0 aliphatic carbocycles. The standard InChI is InChI=1S/C17H13F5N2O4/c18-16(19)27-13-7-2-1-6-12(13)15(26)23-9-14(25)24-10-4-3-5-11(8-10)28-17(20,21)22/h1-8,16H,9H2,(H,23,26)(H,24,25). The van der Waals surface area contributed by atoms with Crippen LogP contribution in [0.2, 0.25) is 0 Å². The highest BCUT2D eigenvalue weighted by Gasteiger charge is 2.31. The summed E-state index contributed by atoms with van der Waals surface area (Å²) in [5.41, 5.74) is -0.210. The summed E-state index contributed by atoms with van der Waals surface area (Å²) in [6.07, 6.45) is -4.88. The maximum absolute atomic E-state index is 12.4. The molecule has 0 saturated heterocycles. The van der Waals surface area contributed by atoms with Gasteiger partial charge in [-0.1, -0.05) is 18.2 Å². The summed E-state index contributed by atoms with van der Waals surface area (Å²) in [5, 5.41) is 4.47. The first-order valence-electron chi connectivity index (χ1n) is 7.62. The Bertz CT molecular complexity index is 842. The Morgan fingerprint density at radius 1 is 1.04 bits per heavy atom. The predicted molar refractivity (Wildman–Crippen MR) is 87.2 cm³/mol. The predicted octanol–water partition coefficient (Wildman–Crippen LogP) is 3.56. The Labute approximate surface area is 155 Å². The zero-order chi connectivity index (χ0) is 20.7. The van der Waals surface area contributed by atoms with Gasteiger partial charge >= 0.3 is 13.0 Å². The van der Waals surface area contributed by atoms with Gasteiger partial charge in [-0.2, -0.15) is 8.78 Å². The summed E-state index contributed by atoms with van der Waals surface area (Å²) in [4.78, 5) is 23.9. The second-order valence-electron chi connectivity index (χ2n) is 5.18. The van der Waals surface area contributed by atoms with Gasteiger partial charge in [-0.15, -0.1) is 13.2 Å². The fourth-order valence-corrected chi connectivity index (χ4v) is 2.08. The van der Waals surface area contributed by atoms with Crippen molar-refractivity contribution in [2.75, 3.05) is 11.9 Å². The lowest BCUT2D eigenvalue weighted by molar-refractivity contribution is -0.274. The first kappa shape index (κ1) is 20.9. The molecule has 28 heavy (non-hydrogen) atoms. The van der Waals surface area contributed by atoms with Crippen LogP contribution in [0.1, 0.15) is 10.4 Å². The van der Waals surface area contributed by atoms with Gasteiger partial charge in [-0.3, -0.25) is 9.59 Å². The van der Waals surface area contributed by atoms with Crippen molar-refractivity contribution in [1.82, 2.24) is 5.32 Å². The van der Waals surface area contributed by atoms with Gasteiger partial charge in [0, 0.05) is 11.8 Å². The van der Waals surface area contributed by atoms with Gasteiger partial charge in [0.15, 0.2) is 0 Å². The lowest BCUT2D eigenvalue weighted by Gasteiger charge is -2.12. The maximum atomic E-state index is 12.4. The van der Waals surface area contributed by atoms with Crippen LogP contribution >= 0.6 is 0 Å². The van der Waals surface area contributed by atoms with Crippen LogP contribution in [0.25, 0.3) is 0 Å². The minimum absolute atomic E-state index is 0.00225. The maximum Gasteiger partial charge on any atom is 0.573 e. The Balaban J connectivity index is 1.94. The summed E-state index contributed by atoms with van der Waals surface area (Å²) >= 11 is 0. The van der Waals surface area contributed by atoms with Crippen molar-refractivity contribution < 1.29 is 41.0 Å². The van der Waals surface area contributed by atoms with Crippen LogP contribution < -0.4 is 20.1 Å². The highest BCUT2D eigenvalue weighted by Crippen LogP contribution is 2.25. The summed E-state index contributed by atoms with van der Waals surface area (Å²) < 4.78 is 69.3.